The van der Waals surface area contributed by atoms with E-state index in [1.165, 1.54) is 5.56 Å². The third-order valence-corrected chi connectivity index (χ3v) is 6.41. The van der Waals surface area contributed by atoms with E-state index in [2.05, 4.69) is 45.8 Å². The lowest BCUT2D eigenvalue weighted by Gasteiger charge is -2.15. The van der Waals surface area contributed by atoms with Crippen molar-refractivity contribution in [1.29, 1.82) is 0 Å². The van der Waals surface area contributed by atoms with Gasteiger partial charge in [-0.25, -0.2) is 4.98 Å². The van der Waals surface area contributed by atoms with Crippen LogP contribution in [0.3, 0.4) is 0 Å². The molecular weight excluding hydrogens is 438 g/mol. The summed E-state index contributed by atoms with van der Waals surface area (Å²) in [4.78, 5) is 17.8. The molecule has 3 heterocycles. The Hall–Kier alpha value is -4.13. The zero-order chi connectivity index (χ0) is 24.4. The van der Waals surface area contributed by atoms with Gasteiger partial charge in [-0.1, -0.05) is 18.2 Å². The van der Waals surface area contributed by atoms with Gasteiger partial charge in [0, 0.05) is 42.8 Å². The van der Waals surface area contributed by atoms with Crippen LogP contribution < -0.4 is 10.6 Å². The van der Waals surface area contributed by atoms with Gasteiger partial charge in [0.2, 0.25) is 0 Å². The van der Waals surface area contributed by atoms with Crippen molar-refractivity contribution in [3.8, 4) is 5.75 Å². The Morgan fingerprint density at radius 3 is 2.80 bits per heavy atom. The molecule has 4 aromatic rings. The fourth-order valence-electron chi connectivity index (χ4n) is 4.48. The molecule has 1 aliphatic rings. The standard InChI is InChI=1S/C28H29N5O2/c1-3-33-14-12-21(32-33)6-4-5-19-8-10-23-20(15-19)16-26(35)27-24(11-13-29-28(27)31-23)30-25-17-22(34)9-7-18(25)2/h7-15,17,34H,3-6,16H2,1-2H3,(H2,29,30,31). The molecule has 178 valence electrons. The van der Waals surface area contributed by atoms with Crippen LogP contribution in [0.25, 0.3) is 0 Å². The molecule has 0 bridgehead atoms. The van der Waals surface area contributed by atoms with Crippen molar-refractivity contribution >= 4 is 28.7 Å². The second-order valence-corrected chi connectivity index (χ2v) is 8.94. The fraction of sp³-hybridized carbons (Fsp3) is 0.250. The number of phenols is 1. The first-order valence-electron chi connectivity index (χ1n) is 12.0. The molecule has 0 aliphatic carbocycles. The summed E-state index contributed by atoms with van der Waals surface area (Å²) in [5.74, 6) is 0.707. The average molecular weight is 468 g/mol. The summed E-state index contributed by atoms with van der Waals surface area (Å²) >= 11 is 0. The second-order valence-electron chi connectivity index (χ2n) is 8.94. The van der Waals surface area contributed by atoms with Crippen LogP contribution >= 0.6 is 0 Å². The molecule has 3 N–H and O–H groups in total. The molecule has 7 heteroatoms. The monoisotopic (exact) mass is 467 g/mol. The number of pyridine rings is 1. The molecule has 0 fully saturated rings. The van der Waals surface area contributed by atoms with Gasteiger partial charge in [-0.15, -0.1) is 0 Å². The highest BCUT2D eigenvalue weighted by molar-refractivity contribution is 6.09. The fourth-order valence-corrected chi connectivity index (χ4v) is 4.48. The van der Waals surface area contributed by atoms with Crippen LogP contribution in [0.5, 0.6) is 5.75 Å². The summed E-state index contributed by atoms with van der Waals surface area (Å²) < 4.78 is 1.95. The Balaban J connectivity index is 1.34. The number of aromatic nitrogens is 3. The summed E-state index contributed by atoms with van der Waals surface area (Å²) in [5.41, 5.74) is 7.11. The number of benzene rings is 2. The first kappa shape index (κ1) is 22.7. The van der Waals surface area contributed by atoms with Crippen molar-refractivity contribution in [3.05, 3.63) is 88.9 Å². The maximum atomic E-state index is 13.4. The number of nitrogens with zero attached hydrogens (tertiary/aromatic N) is 3. The molecular formula is C28H29N5O2. The largest absolute Gasteiger partial charge is 0.508 e. The van der Waals surface area contributed by atoms with E-state index >= 15 is 0 Å². The topological polar surface area (TPSA) is 92.1 Å². The lowest BCUT2D eigenvalue weighted by molar-refractivity contribution is 0.0995. The number of Topliss-reactive ketones (excluding diaryl/α,β-unsaturated/α-hetero) is 1. The van der Waals surface area contributed by atoms with Crippen LogP contribution in [0.2, 0.25) is 0 Å². The molecule has 0 spiro atoms. The Bertz CT molecular complexity index is 1390. The highest BCUT2D eigenvalue weighted by atomic mass is 16.3. The van der Waals surface area contributed by atoms with E-state index in [0.29, 0.717) is 23.5 Å². The summed E-state index contributed by atoms with van der Waals surface area (Å²) in [6, 6.07) is 15.3. The minimum absolute atomic E-state index is 0.00177. The smallest absolute Gasteiger partial charge is 0.173 e. The molecule has 0 amide bonds. The summed E-state index contributed by atoms with van der Waals surface area (Å²) in [6.07, 6.45) is 6.85. The number of aromatic hydroxyl groups is 1. The van der Waals surface area contributed by atoms with Crippen LogP contribution in [-0.2, 0) is 25.8 Å². The Morgan fingerprint density at radius 2 is 1.97 bits per heavy atom. The van der Waals surface area contributed by atoms with Crippen LogP contribution in [0.4, 0.5) is 22.9 Å². The minimum Gasteiger partial charge on any atom is -0.508 e. The zero-order valence-corrected chi connectivity index (χ0v) is 20.0. The van der Waals surface area contributed by atoms with Gasteiger partial charge in [-0.3, -0.25) is 9.48 Å². The third-order valence-electron chi connectivity index (χ3n) is 6.41. The van der Waals surface area contributed by atoms with E-state index in [1.807, 2.05) is 29.9 Å². The molecule has 0 saturated carbocycles. The number of hydrogen-bond donors (Lipinski definition) is 3. The van der Waals surface area contributed by atoms with E-state index in [1.54, 1.807) is 24.4 Å². The first-order valence-corrected chi connectivity index (χ1v) is 12.0. The first-order chi connectivity index (χ1) is 17.0. The molecule has 0 unspecified atom stereocenters. The van der Waals surface area contributed by atoms with Crippen LogP contribution in [0, 0.1) is 6.92 Å². The van der Waals surface area contributed by atoms with Gasteiger partial charge in [0.05, 0.1) is 16.9 Å². The van der Waals surface area contributed by atoms with Crippen molar-refractivity contribution < 1.29 is 9.90 Å². The molecule has 0 atom stereocenters. The molecule has 2 aromatic carbocycles. The van der Waals surface area contributed by atoms with E-state index < -0.39 is 0 Å². The van der Waals surface area contributed by atoms with Crippen molar-refractivity contribution in [3.63, 3.8) is 0 Å². The normalized spacial score (nSPS) is 12.5. The molecule has 0 saturated heterocycles. The zero-order valence-electron chi connectivity index (χ0n) is 20.0. The lowest BCUT2D eigenvalue weighted by Crippen LogP contribution is -2.08. The number of rotatable bonds is 7. The molecule has 1 aliphatic heterocycles. The van der Waals surface area contributed by atoms with E-state index in [-0.39, 0.29) is 11.5 Å². The van der Waals surface area contributed by atoms with Gasteiger partial charge in [-0.05, 0) is 74.1 Å². The van der Waals surface area contributed by atoms with Gasteiger partial charge in [0.25, 0.3) is 0 Å². The van der Waals surface area contributed by atoms with E-state index in [4.69, 9.17) is 0 Å². The molecule has 7 nitrogen and oxygen atoms in total. The van der Waals surface area contributed by atoms with E-state index in [0.717, 1.165) is 54.0 Å². The predicted octanol–water partition coefficient (Wildman–Crippen LogP) is 5.71. The highest BCUT2D eigenvalue weighted by Gasteiger charge is 2.24. The lowest BCUT2D eigenvalue weighted by atomic mass is 9.99. The number of carbonyl (C=O) groups excluding carboxylic acids is 1. The van der Waals surface area contributed by atoms with Crippen molar-refractivity contribution in [2.75, 3.05) is 10.6 Å². The predicted molar refractivity (Wildman–Crippen MR) is 138 cm³/mol. The maximum absolute atomic E-state index is 13.4. The maximum Gasteiger partial charge on any atom is 0.173 e. The van der Waals surface area contributed by atoms with Gasteiger partial charge in [0.1, 0.15) is 11.6 Å². The molecule has 5 rings (SSSR count). The quantitative estimate of drug-likeness (QED) is 0.322. The van der Waals surface area contributed by atoms with Crippen LogP contribution in [-0.4, -0.2) is 25.7 Å². The number of phenolic OH excluding ortho intramolecular Hbond substituents is 1. The third kappa shape index (κ3) is 4.89. The SMILES string of the molecule is CCn1ccc(CCCc2ccc3c(c2)CC(=O)c2c(Nc4cc(O)ccc4C)ccnc2N3)n1. The molecule has 2 aromatic heterocycles. The van der Waals surface area contributed by atoms with Crippen molar-refractivity contribution in [2.45, 2.75) is 46.1 Å². The number of hydrogen-bond acceptors (Lipinski definition) is 6. The summed E-state index contributed by atoms with van der Waals surface area (Å²) in [6.45, 7) is 4.92. The Kier molecular flexibility index (Phi) is 6.23. The van der Waals surface area contributed by atoms with Gasteiger partial charge in [-0.2, -0.15) is 5.10 Å². The van der Waals surface area contributed by atoms with E-state index in [9.17, 15) is 9.90 Å². The van der Waals surface area contributed by atoms with Gasteiger partial charge < -0.3 is 15.7 Å². The molecule has 35 heavy (non-hydrogen) atoms. The Labute approximate surface area is 204 Å². The Morgan fingerprint density at radius 1 is 1.09 bits per heavy atom. The summed E-state index contributed by atoms with van der Waals surface area (Å²) in [5, 5.41) is 21.1. The number of ketones is 1. The summed E-state index contributed by atoms with van der Waals surface area (Å²) in [7, 11) is 0. The second kappa shape index (κ2) is 9.62. The van der Waals surface area contributed by atoms with Gasteiger partial charge in [0.15, 0.2) is 5.78 Å². The average Bonchev–Trinajstić information content (AvgIpc) is 3.25. The number of anilines is 4. The number of fused-ring (bicyclic) bond motifs is 2. The number of aryl methyl sites for hydroxylation is 4. The number of nitrogens with one attached hydrogen (secondary N) is 2. The molecule has 0 radical (unpaired) electrons. The van der Waals surface area contributed by atoms with Crippen molar-refractivity contribution in [1.82, 2.24) is 14.8 Å². The minimum atomic E-state index is 0.00177. The van der Waals surface area contributed by atoms with Crippen LogP contribution in [0.15, 0.2) is 60.9 Å². The number of carbonyl (C=O) groups is 1. The highest BCUT2D eigenvalue weighted by Crippen LogP contribution is 2.35. The van der Waals surface area contributed by atoms with Crippen molar-refractivity contribution in [2.24, 2.45) is 0 Å². The van der Waals surface area contributed by atoms with Crippen LogP contribution in [0.1, 0.15) is 46.1 Å². The van der Waals surface area contributed by atoms with Gasteiger partial charge >= 0.3 is 0 Å².